The summed E-state index contributed by atoms with van der Waals surface area (Å²) in [5.41, 5.74) is 8.05. The molecule has 0 aliphatic rings. The van der Waals surface area contributed by atoms with Crippen molar-refractivity contribution in [1.82, 2.24) is 4.98 Å². The van der Waals surface area contributed by atoms with E-state index in [-0.39, 0.29) is 11.6 Å². The maximum absolute atomic E-state index is 13.4. The fourth-order valence-corrected chi connectivity index (χ4v) is 1.74. The topological polar surface area (TPSA) is 68.0 Å². The van der Waals surface area contributed by atoms with Gasteiger partial charge in [0.2, 0.25) is 0 Å². The Morgan fingerprint density at radius 2 is 2.21 bits per heavy atom. The molecule has 1 aromatic carbocycles. The van der Waals surface area contributed by atoms with Crippen molar-refractivity contribution in [3.63, 3.8) is 0 Å². The molecule has 2 rings (SSSR count). The molecule has 1 amide bonds. The van der Waals surface area contributed by atoms with Crippen LogP contribution in [0.3, 0.4) is 0 Å². The van der Waals surface area contributed by atoms with Crippen LogP contribution >= 0.6 is 0 Å². The Balaban J connectivity index is 2.21. The van der Waals surface area contributed by atoms with Crippen LogP contribution in [-0.2, 0) is 6.54 Å². The van der Waals surface area contributed by atoms with Gasteiger partial charge in [0.1, 0.15) is 0 Å². The second-order valence-electron chi connectivity index (χ2n) is 4.16. The highest BCUT2D eigenvalue weighted by Gasteiger charge is 2.10. The molecule has 0 spiro atoms. The number of halogens is 1. The summed E-state index contributed by atoms with van der Waals surface area (Å²) in [4.78, 5) is 15.6. The van der Waals surface area contributed by atoms with Crippen molar-refractivity contribution in [2.45, 2.75) is 13.5 Å². The fourth-order valence-electron chi connectivity index (χ4n) is 1.74. The molecule has 0 unspecified atom stereocenters. The van der Waals surface area contributed by atoms with Gasteiger partial charge in [0.15, 0.2) is 5.82 Å². The van der Waals surface area contributed by atoms with Crippen LogP contribution in [0.15, 0.2) is 36.7 Å². The summed E-state index contributed by atoms with van der Waals surface area (Å²) in [6.07, 6.45) is 2.47. The maximum atomic E-state index is 13.4. The van der Waals surface area contributed by atoms with Crippen LogP contribution in [0.25, 0.3) is 0 Å². The molecular formula is C14H14FN3O. The molecule has 98 valence electrons. The predicted octanol–water partition coefficient (Wildman–Crippen LogP) is 2.24. The smallest absolute Gasteiger partial charge is 0.255 e. The zero-order chi connectivity index (χ0) is 13.8. The van der Waals surface area contributed by atoms with E-state index >= 15 is 0 Å². The van der Waals surface area contributed by atoms with E-state index in [9.17, 15) is 9.18 Å². The summed E-state index contributed by atoms with van der Waals surface area (Å²) in [7, 11) is 0. The lowest BCUT2D eigenvalue weighted by Gasteiger charge is -2.08. The number of carbonyl (C=O) groups is 1. The molecule has 0 atom stereocenters. The molecule has 0 fully saturated rings. The third-order valence-electron chi connectivity index (χ3n) is 2.85. The van der Waals surface area contributed by atoms with Gasteiger partial charge >= 0.3 is 0 Å². The Labute approximate surface area is 110 Å². The summed E-state index contributed by atoms with van der Waals surface area (Å²) in [5, 5.41) is 2.51. The van der Waals surface area contributed by atoms with E-state index in [4.69, 9.17) is 5.73 Å². The number of pyridine rings is 1. The van der Waals surface area contributed by atoms with Crippen LogP contribution < -0.4 is 11.1 Å². The lowest BCUT2D eigenvalue weighted by molar-refractivity contribution is 0.102. The van der Waals surface area contributed by atoms with Crippen molar-refractivity contribution >= 4 is 11.6 Å². The summed E-state index contributed by atoms with van der Waals surface area (Å²) in [6, 6.07) is 6.61. The van der Waals surface area contributed by atoms with Gasteiger partial charge in [-0.1, -0.05) is 6.07 Å². The molecule has 19 heavy (non-hydrogen) atoms. The van der Waals surface area contributed by atoms with Gasteiger partial charge in [0.05, 0.1) is 11.9 Å². The number of anilines is 1. The number of aryl methyl sites for hydroxylation is 1. The second kappa shape index (κ2) is 5.58. The number of hydrogen-bond donors (Lipinski definition) is 2. The van der Waals surface area contributed by atoms with Crippen LogP contribution in [-0.4, -0.2) is 10.9 Å². The van der Waals surface area contributed by atoms with Crippen LogP contribution in [0.2, 0.25) is 0 Å². The van der Waals surface area contributed by atoms with E-state index in [1.54, 1.807) is 18.2 Å². The van der Waals surface area contributed by atoms with Crippen molar-refractivity contribution in [2.75, 3.05) is 5.32 Å². The van der Waals surface area contributed by atoms with Crippen LogP contribution in [0.4, 0.5) is 10.1 Å². The van der Waals surface area contributed by atoms with E-state index in [1.165, 1.54) is 12.3 Å². The first-order chi connectivity index (χ1) is 9.11. The first-order valence-electron chi connectivity index (χ1n) is 5.82. The number of nitrogens with two attached hydrogens (primary N) is 1. The Bertz CT molecular complexity index is 613. The third kappa shape index (κ3) is 2.95. The molecule has 3 N–H and O–H groups in total. The zero-order valence-electron chi connectivity index (χ0n) is 10.5. The Kier molecular flexibility index (Phi) is 3.87. The molecule has 5 heteroatoms. The molecule has 0 saturated heterocycles. The molecular weight excluding hydrogens is 245 g/mol. The van der Waals surface area contributed by atoms with Gasteiger partial charge in [-0.3, -0.25) is 9.78 Å². The molecule has 2 aromatic rings. The van der Waals surface area contributed by atoms with Crippen LogP contribution in [0.5, 0.6) is 0 Å². The van der Waals surface area contributed by atoms with Gasteiger partial charge in [-0.05, 0) is 36.2 Å². The maximum Gasteiger partial charge on any atom is 0.255 e. The van der Waals surface area contributed by atoms with E-state index in [0.29, 0.717) is 12.1 Å². The minimum atomic E-state index is -0.564. The SMILES string of the molecule is Cc1cc(C(=O)Nc2ccncc2F)ccc1CN. The highest BCUT2D eigenvalue weighted by atomic mass is 19.1. The minimum Gasteiger partial charge on any atom is -0.326 e. The minimum absolute atomic E-state index is 0.112. The summed E-state index contributed by atoms with van der Waals surface area (Å²) in [6.45, 7) is 2.30. The molecule has 0 bridgehead atoms. The molecule has 1 aromatic heterocycles. The molecule has 0 aliphatic carbocycles. The van der Waals surface area contributed by atoms with E-state index < -0.39 is 5.82 Å². The summed E-state index contributed by atoms with van der Waals surface area (Å²) < 4.78 is 13.4. The van der Waals surface area contributed by atoms with E-state index in [2.05, 4.69) is 10.3 Å². The summed E-state index contributed by atoms with van der Waals surface area (Å²) >= 11 is 0. The van der Waals surface area contributed by atoms with Crippen molar-refractivity contribution in [3.8, 4) is 0 Å². The number of carbonyl (C=O) groups excluding carboxylic acids is 1. The molecule has 0 aliphatic heterocycles. The first kappa shape index (κ1) is 13.2. The monoisotopic (exact) mass is 259 g/mol. The third-order valence-corrected chi connectivity index (χ3v) is 2.85. The van der Waals surface area contributed by atoms with Crippen LogP contribution in [0, 0.1) is 12.7 Å². The highest BCUT2D eigenvalue weighted by Crippen LogP contribution is 2.15. The fraction of sp³-hybridized carbons (Fsp3) is 0.143. The van der Waals surface area contributed by atoms with Gasteiger partial charge in [-0.2, -0.15) is 0 Å². The molecule has 1 heterocycles. The Morgan fingerprint density at radius 3 is 2.84 bits per heavy atom. The van der Waals surface area contributed by atoms with Crippen molar-refractivity contribution < 1.29 is 9.18 Å². The summed E-state index contributed by atoms with van der Waals surface area (Å²) in [5.74, 6) is -0.928. The second-order valence-corrected chi connectivity index (χ2v) is 4.16. The number of amides is 1. The van der Waals surface area contributed by atoms with Gasteiger partial charge in [0.25, 0.3) is 5.91 Å². The largest absolute Gasteiger partial charge is 0.326 e. The number of benzene rings is 1. The van der Waals surface area contributed by atoms with Gasteiger partial charge in [0, 0.05) is 18.3 Å². The number of nitrogens with zero attached hydrogens (tertiary/aromatic N) is 1. The zero-order valence-corrected chi connectivity index (χ0v) is 10.5. The van der Waals surface area contributed by atoms with Gasteiger partial charge in [-0.25, -0.2) is 4.39 Å². The first-order valence-corrected chi connectivity index (χ1v) is 5.82. The standard InChI is InChI=1S/C14H14FN3O/c1-9-6-10(2-3-11(9)7-16)14(19)18-13-4-5-17-8-12(13)15/h2-6,8H,7,16H2,1H3,(H,17,18,19). The quantitative estimate of drug-likeness (QED) is 0.888. The van der Waals surface area contributed by atoms with Crippen molar-refractivity contribution in [2.24, 2.45) is 5.73 Å². The molecule has 4 nitrogen and oxygen atoms in total. The van der Waals surface area contributed by atoms with Gasteiger partial charge < -0.3 is 11.1 Å². The highest BCUT2D eigenvalue weighted by molar-refractivity contribution is 6.04. The number of hydrogen-bond acceptors (Lipinski definition) is 3. The van der Waals surface area contributed by atoms with Crippen molar-refractivity contribution in [3.05, 3.63) is 59.2 Å². The predicted molar refractivity (Wildman–Crippen MR) is 71.2 cm³/mol. The lowest BCUT2D eigenvalue weighted by Crippen LogP contribution is -2.13. The van der Waals surface area contributed by atoms with Gasteiger partial charge in [-0.15, -0.1) is 0 Å². The number of aromatic nitrogens is 1. The lowest BCUT2D eigenvalue weighted by atomic mass is 10.0. The van der Waals surface area contributed by atoms with Crippen LogP contribution in [0.1, 0.15) is 21.5 Å². The number of rotatable bonds is 3. The average Bonchev–Trinajstić information content (AvgIpc) is 2.41. The van der Waals surface area contributed by atoms with E-state index in [0.717, 1.165) is 17.3 Å². The Morgan fingerprint density at radius 1 is 1.42 bits per heavy atom. The Hall–Kier alpha value is -2.27. The number of nitrogens with one attached hydrogen (secondary N) is 1. The molecule has 0 saturated carbocycles. The van der Waals surface area contributed by atoms with Crippen molar-refractivity contribution in [1.29, 1.82) is 0 Å². The molecule has 0 radical (unpaired) electrons. The normalized spacial score (nSPS) is 10.3. The average molecular weight is 259 g/mol. The van der Waals surface area contributed by atoms with E-state index in [1.807, 2.05) is 6.92 Å².